The molecule has 0 aromatic carbocycles. The zero-order valence-corrected chi connectivity index (χ0v) is 21.7. The van der Waals surface area contributed by atoms with Gasteiger partial charge in [0.05, 0.1) is 49.8 Å². The Labute approximate surface area is 202 Å². The van der Waals surface area contributed by atoms with Crippen molar-refractivity contribution >= 4 is 23.5 Å². The zero-order chi connectivity index (χ0) is 23.3. The van der Waals surface area contributed by atoms with Gasteiger partial charge in [-0.05, 0) is 50.0 Å². The van der Waals surface area contributed by atoms with E-state index in [4.69, 9.17) is 23.7 Å². The van der Waals surface area contributed by atoms with Crippen LogP contribution in [0.5, 0.6) is 0 Å². The van der Waals surface area contributed by atoms with Crippen molar-refractivity contribution in [2.75, 3.05) is 65.0 Å². The van der Waals surface area contributed by atoms with E-state index in [9.17, 15) is 10.2 Å². The molecule has 2 heterocycles. The molecule has 9 heteroatoms. The lowest BCUT2D eigenvalue weighted by Gasteiger charge is -2.41. The van der Waals surface area contributed by atoms with Gasteiger partial charge in [0.15, 0.2) is 5.79 Å². The maximum Gasteiger partial charge on any atom is 0.191 e. The Bertz CT molecular complexity index is 483. The van der Waals surface area contributed by atoms with Crippen molar-refractivity contribution in [2.24, 2.45) is 11.8 Å². The predicted molar refractivity (Wildman–Crippen MR) is 130 cm³/mol. The molecule has 0 spiro atoms. The van der Waals surface area contributed by atoms with Crippen LogP contribution in [0.2, 0.25) is 0 Å². The van der Waals surface area contributed by atoms with Crippen LogP contribution in [0.25, 0.3) is 0 Å². The molecule has 2 aliphatic heterocycles. The summed E-state index contributed by atoms with van der Waals surface area (Å²) in [6.07, 6.45) is 5.29. The lowest BCUT2D eigenvalue weighted by molar-refractivity contribution is -0.191. The largest absolute Gasteiger partial charge is 0.391 e. The van der Waals surface area contributed by atoms with Crippen molar-refractivity contribution in [1.82, 2.24) is 0 Å². The summed E-state index contributed by atoms with van der Waals surface area (Å²) in [5.41, 5.74) is -0.777. The highest BCUT2D eigenvalue weighted by Gasteiger charge is 2.42. The van der Waals surface area contributed by atoms with Crippen molar-refractivity contribution in [3.05, 3.63) is 0 Å². The van der Waals surface area contributed by atoms with Gasteiger partial charge >= 0.3 is 0 Å². The number of hydrogen-bond donors (Lipinski definition) is 2. The third kappa shape index (κ3) is 9.96. The highest BCUT2D eigenvalue weighted by atomic mass is 32.2. The molecule has 190 valence electrons. The van der Waals surface area contributed by atoms with Gasteiger partial charge in [-0.15, -0.1) is 23.5 Å². The van der Waals surface area contributed by atoms with Crippen LogP contribution in [-0.2, 0) is 23.7 Å². The summed E-state index contributed by atoms with van der Waals surface area (Å²) in [6.45, 7) is 7.12. The average molecular weight is 497 g/mol. The van der Waals surface area contributed by atoms with Crippen LogP contribution in [0, 0.1) is 11.8 Å². The van der Waals surface area contributed by atoms with E-state index in [1.54, 1.807) is 7.11 Å². The maximum atomic E-state index is 11.5. The molecule has 0 radical (unpaired) electrons. The molecule has 7 nitrogen and oxygen atoms in total. The minimum Gasteiger partial charge on any atom is -0.391 e. The number of aliphatic hydroxyl groups is 2. The minimum atomic E-state index is -0.893. The van der Waals surface area contributed by atoms with Gasteiger partial charge in [-0.1, -0.05) is 13.3 Å². The van der Waals surface area contributed by atoms with E-state index in [1.165, 1.54) is 6.42 Å². The van der Waals surface area contributed by atoms with E-state index >= 15 is 0 Å². The molecule has 2 aliphatic rings. The highest BCUT2D eigenvalue weighted by molar-refractivity contribution is 8.17. The van der Waals surface area contributed by atoms with Gasteiger partial charge in [-0.2, -0.15) is 0 Å². The molecule has 2 fully saturated rings. The Morgan fingerprint density at radius 1 is 1.12 bits per heavy atom. The number of thioether (sulfide) groups is 2. The van der Waals surface area contributed by atoms with Crippen LogP contribution < -0.4 is 0 Å². The normalized spacial score (nSPS) is 23.2. The Balaban J connectivity index is 1.80. The van der Waals surface area contributed by atoms with Gasteiger partial charge in [0, 0.05) is 19.4 Å². The lowest BCUT2D eigenvalue weighted by atomic mass is 9.81. The van der Waals surface area contributed by atoms with Crippen molar-refractivity contribution in [3.63, 3.8) is 0 Å². The smallest absolute Gasteiger partial charge is 0.191 e. The molecule has 32 heavy (non-hydrogen) atoms. The second-order valence-corrected chi connectivity index (χ2v) is 11.9. The van der Waals surface area contributed by atoms with Gasteiger partial charge < -0.3 is 33.9 Å². The van der Waals surface area contributed by atoms with Crippen LogP contribution in [0.1, 0.15) is 52.4 Å². The fourth-order valence-corrected chi connectivity index (χ4v) is 7.81. The fourth-order valence-electron chi connectivity index (χ4n) is 4.25. The first kappa shape index (κ1) is 28.7. The Hall–Kier alpha value is 0.420. The summed E-state index contributed by atoms with van der Waals surface area (Å²) in [7, 11) is 1.65. The third-order valence-electron chi connectivity index (χ3n) is 6.25. The van der Waals surface area contributed by atoms with Gasteiger partial charge in [0.25, 0.3) is 0 Å². The summed E-state index contributed by atoms with van der Waals surface area (Å²) in [5.74, 6) is 1.92. The molecule has 0 bridgehead atoms. The van der Waals surface area contributed by atoms with E-state index in [0.29, 0.717) is 56.7 Å². The Morgan fingerprint density at radius 2 is 1.84 bits per heavy atom. The van der Waals surface area contributed by atoms with Crippen LogP contribution in [0.3, 0.4) is 0 Å². The number of methoxy groups -OCH3 is 1. The van der Waals surface area contributed by atoms with E-state index in [2.05, 4.69) is 6.92 Å². The van der Waals surface area contributed by atoms with Crippen LogP contribution in [-0.4, -0.2) is 91.2 Å². The van der Waals surface area contributed by atoms with Crippen molar-refractivity contribution in [1.29, 1.82) is 0 Å². The molecule has 0 saturated carbocycles. The standard InChI is InChI=1S/C23H44O7S2/c1-19(16-28-18-27-11-10-26-3)6-4-8-22(2,25)20(21-31-14-5-15-32-21)7-9-23(17-24)29-12-13-30-23/h19-21,24-25H,4-18H2,1-3H3. The monoisotopic (exact) mass is 496 g/mol. The maximum absolute atomic E-state index is 11.5. The molecule has 0 aliphatic carbocycles. The molecule has 0 aromatic rings. The summed E-state index contributed by atoms with van der Waals surface area (Å²) < 4.78 is 27.7. The van der Waals surface area contributed by atoms with Gasteiger partial charge in [-0.25, -0.2) is 0 Å². The molecule has 0 amide bonds. The van der Waals surface area contributed by atoms with Crippen molar-refractivity contribution < 1.29 is 33.9 Å². The molecule has 2 saturated heterocycles. The van der Waals surface area contributed by atoms with E-state index in [-0.39, 0.29) is 12.5 Å². The first-order valence-electron chi connectivity index (χ1n) is 11.9. The molecule has 3 atom stereocenters. The predicted octanol–water partition coefficient (Wildman–Crippen LogP) is 3.51. The Kier molecular flexibility index (Phi) is 13.8. The zero-order valence-electron chi connectivity index (χ0n) is 20.1. The molecule has 0 aromatic heterocycles. The summed E-state index contributed by atoms with van der Waals surface area (Å²) in [4.78, 5) is 0. The Morgan fingerprint density at radius 3 is 2.50 bits per heavy atom. The quantitative estimate of drug-likeness (QED) is 0.232. The number of aliphatic hydroxyl groups excluding tert-OH is 1. The third-order valence-corrected chi connectivity index (χ3v) is 9.43. The van der Waals surface area contributed by atoms with Crippen LogP contribution in [0.15, 0.2) is 0 Å². The highest BCUT2D eigenvalue weighted by Crippen LogP contribution is 2.45. The average Bonchev–Trinajstić information content (AvgIpc) is 3.26. The molecule has 2 N–H and O–H groups in total. The molecular formula is C23H44O7S2. The van der Waals surface area contributed by atoms with Crippen molar-refractivity contribution in [2.45, 2.75) is 68.3 Å². The second-order valence-electron chi connectivity index (χ2n) is 9.12. The van der Waals surface area contributed by atoms with E-state index in [0.717, 1.165) is 37.2 Å². The fraction of sp³-hybridized carbons (Fsp3) is 1.00. The van der Waals surface area contributed by atoms with Gasteiger partial charge in [0.2, 0.25) is 0 Å². The second kappa shape index (κ2) is 15.4. The van der Waals surface area contributed by atoms with Gasteiger partial charge in [0.1, 0.15) is 6.79 Å². The van der Waals surface area contributed by atoms with Gasteiger partial charge in [-0.3, -0.25) is 0 Å². The lowest BCUT2D eigenvalue weighted by Crippen LogP contribution is -2.43. The van der Waals surface area contributed by atoms with Crippen LogP contribution in [0.4, 0.5) is 0 Å². The summed E-state index contributed by atoms with van der Waals surface area (Å²) in [5, 5.41) is 21.4. The minimum absolute atomic E-state index is 0.120. The van der Waals surface area contributed by atoms with E-state index < -0.39 is 11.4 Å². The summed E-state index contributed by atoms with van der Waals surface area (Å²) in [6, 6.07) is 0. The number of ether oxygens (including phenoxy) is 5. The first-order chi connectivity index (χ1) is 15.4. The summed E-state index contributed by atoms with van der Waals surface area (Å²) >= 11 is 3.92. The SMILES string of the molecule is COCCOCOCC(C)CCCC(C)(O)C(CCC1(CO)OCCO1)C1SCCCS1. The van der Waals surface area contributed by atoms with Crippen molar-refractivity contribution in [3.8, 4) is 0 Å². The van der Waals surface area contributed by atoms with Crippen LogP contribution >= 0.6 is 23.5 Å². The topological polar surface area (TPSA) is 86.6 Å². The first-order valence-corrected chi connectivity index (χ1v) is 14.0. The number of hydrogen-bond acceptors (Lipinski definition) is 9. The number of rotatable bonds is 17. The molecule has 2 rings (SSSR count). The van der Waals surface area contributed by atoms with E-state index in [1.807, 2.05) is 30.4 Å². The molecule has 3 unspecified atom stereocenters. The molecular weight excluding hydrogens is 452 g/mol.